The van der Waals surface area contributed by atoms with E-state index in [1.807, 2.05) is 42.6 Å². The molecule has 1 fully saturated rings. The Balaban J connectivity index is 1.58. The summed E-state index contributed by atoms with van der Waals surface area (Å²) in [5.41, 5.74) is 8.27. The first-order valence-corrected chi connectivity index (χ1v) is 10.7. The summed E-state index contributed by atoms with van der Waals surface area (Å²) in [6.07, 6.45) is 5.43. The Morgan fingerprint density at radius 3 is 2.72 bits per heavy atom. The van der Waals surface area contributed by atoms with Gasteiger partial charge in [0, 0.05) is 42.0 Å². The lowest BCUT2D eigenvalue weighted by Gasteiger charge is -2.27. The Morgan fingerprint density at radius 2 is 1.91 bits per heavy atom. The first-order chi connectivity index (χ1) is 15.8. The Hall–Kier alpha value is -3.84. The highest BCUT2D eigenvalue weighted by atomic mass is 16.5. The van der Waals surface area contributed by atoms with Crippen LogP contribution in [0.3, 0.4) is 0 Å². The van der Waals surface area contributed by atoms with Gasteiger partial charge in [0.2, 0.25) is 5.95 Å². The molecule has 2 aromatic heterocycles. The number of rotatable bonds is 5. The molecular weight excluding hydrogens is 400 g/mol. The number of hydrogen-bond donors (Lipinski definition) is 1. The van der Waals surface area contributed by atoms with E-state index in [0.29, 0.717) is 25.0 Å². The minimum absolute atomic E-state index is 0.667. The van der Waals surface area contributed by atoms with E-state index in [-0.39, 0.29) is 0 Å². The van der Waals surface area contributed by atoms with Crippen molar-refractivity contribution in [2.45, 2.75) is 6.92 Å². The molecule has 32 heavy (non-hydrogen) atoms. The number of hydrogen-bond acceptors (Lipinski definition) is 7. The highest BCUT2D eigenvalue weighted by molar-refractivity contribution is 6.00. The van der Waals surface area contributed by atoms with Gasteiger partial charge in [-0.1, -0.05) is 48.0 Å². The third kappa shape index (κ3) is 4.29. The van der Waals surface area contributed by atoms with Crippen LogP contribution < -0.4 is 10.3 Å². The molecule has 0 aliphatic carbocycles. The molecule has 0 amide bonds. The van der Waals surface area contributed by atoms with Crippen LogP contribution in [0.5, 0.6) is 0 Å². The monoisotopic (exact) mass is 424 g/mol. The summed E-state index contributed by atoms with van der Waals surface area (Å²) in [7, 11) is 0. The van der Waals surface area contributed by atoms with E-state index >= 15 is 0 Å². The van der Waals surface area contributed by atoms with Crippen LogP contribution in [-0.4, -0.2) is 47.5 Å². The van der Waals surface area contributed by atoms with Crippen LogP contribution in [0, 0.1) is 6.92 Å². The molecule has 0 radical (unpaired) electrons. The number of nitrogens with zero attached hydrogens (tertiary/aromatic N) is 5. The molecule has 0 spiro atoms. The normalized spacial score (nSPS) is 14.2. The molecule has 5 rings (SSSR count). The molecule has 4 aromatic rings. The lowest BCUT2D eigenvalue weighted by Crippen LogP contribution is -2.37. The minimum atomic E-state index is 0.667. The van der Waals surface area contributed by atoms with Crippen LogP contribution >= 0.6 is 0 Å². The van der Waals surface area contributed by atoms with E-state index in [1.54, 1.807) is 12.4 Å². The van der Waals surface area contributed by atoms with Crippen molar-refractivity contribution in [3.63, 3.8) is 0 Å². The predicted octanol–water partition coefficient (Wildman–Crippen LogP) is 4.28. The van der Waals surface area contributed by atoms with Crippen molar-refractivity contribution in [1.82, 2.24) is 15.0 Å². The summed E-state index contributed by atoms with van der Waals surface area (Å²) in [4.78, 5) is 16.2. The van der Waals surface area contributed by atoms with Gasteiger partial charge in [-0.3, -0.25) is 10.4 Å². The zero-order chi connectivity index (χ0) is 21.8. The van der Waals surface area contributed by atoms with Crippen molar-refractivity contribution in [1.29, 1.82) is 0 Å². The van der Waals surface area contributed by atoms with Gasteiger partial charge in [0.1, 0.15) is 0 Å². The number of morpholine rings is 1. The van der Waals surface area contributed by atoms with E-state index < -0.39 is 0 Å². The number of ether oxygens (including phenoxy) is 1. The van der Waals surface area contributed by atoms with Crippen molar-refractivity contribution in [3.05, 3.63) is 78.1 Å². The maximum absolute atomic E-state index is 5.51. The van der Waals surface area contributed by atoms with Gasteiger partial charge in [-0.15, -0.1) is 0 Å². The molecule has 0 unspecified atom stereocenters. The minimum Gasteiger partial charge on any atom is -0.378 e. The fourth-order valence-corrected chi connectivity index (χ4v) is 3.80. The van der Waals surface area contributed by atoms with Crippen molar-refractivity contribution < 1.29 is 4.74 Å². The number of hydrazone groups is 1. The number of para-hydroxylation sites is 1. The average Bonchev–Trinajstić information content (AvgIpc) is 2.85. The number of nitrogens with one attached hydrogen (secondary N) is 1. The van der Waals surface area contributed by atoms with Gasteiger partial charge >= 0.3 is 0 Å². The number of pyridine rings is 1. The Labute approximate surface area is 186 Å². The third-order valence-electron chi connectivity index (χ3n) is 5.41. The fraction of sp³-hybridized carbons (Fsp3) is 0.200. The van der Waals surface area contributed by atoms with Crippen LogP contribution in [0.15, 0.2) is 72.1 Å². The second-order valence-electron chi connectivity index (χ2n) is 7.70. The van der Waals surface area contributed by atoms with Gasteiger partial charge in [-0.05, 0) is 24.6 Å². The summed E-state index contributed by atoms with van der Waals surface area (Å²) < 4.78 is 5.51. The maximum atomic E-state index is 5.51. The lowest BCUT2D eigenvalue weighted by atomic mass is 10.0. The maximum Gasteiger partial charge on any atom is 0.228 e. The standard InChI is InChI=1S/C25H24N6O/c1-18-5-2-6-19(15-18)16-27-30-24-22-9-3-8-21(20-7-4-10-26-17-20)23(22)28-25(29-24)31-11-13-32-14-12-31/h2-10,15-17H,11-14H2,1H3,(H,28,29,30)/b27-16+. The second kappa shape index (κ2) is 9.11. The summed E-state index contributed by atoms with van der Waals surface area (Å²) in [5, 5.41) is 5.38. The molecule has 3 heterocycles. The van der Waals surface area contributed by atoms with Gasteiger partial charge < -0.3 is 9.64 Å². The average molecular weight is 425 g/mol. The van der Waals surface area contributed by atoms with Gasteiger partial charge in [0.15, 0.2) is 5.82 Å². The van der Waals surface area contributed by atoms with Crippen LogP contribution in [0.4, 0.5) is 11.8 Å². The zero-order valence-corrected chi connectivity index (χ0v) is 17.9. The summed E-state index contributed by atoms with van der Waals surface area (Å²) in [5.74, 6) is 1.34. The molecule has 7 nitrogen and oxygen atoms in total. The molecule has 160 valence electrons. The first kappa shape index (κ1) is 20.1. The summed E-state index contributed by atoms with van der Waals surface area (Å²) in [6.45, 7) is 4.91. The van der Waals surface area contributed by atoms with Gasteiger partial charge in [0.05, 0.1) is 24.9 Å². The van der Waals surface area contributed by atoms with Crippen molar-refractivity contribution in [3.8, 4) is 11.1 Å². The predicted molar refractivity (Wildman–Crippen MR) is 128 cm³/mol. The molecule has 1 aliphatic rings. The first-order valence-electron chi connectivity index (χ1n) is 10.7. The van der Waals surface area contributed by atoms with Crippen LogP contribution in [0.25, 0.3) is 22.0 Å². The summed E-state index contributed by atoms with van der Waals surface area (Å²) in [6, 6.07) is 18.3. The Morgan fingerprint density at radius 1 is 1.03 bits per heavy atom. The van der Waals surface area contributed by atoms with E-state index in [4.69, 9.17) is 14.7 Å². The van der Waals surface area contributed by atoms with Crippen LogP contribution in [-0.2, 0) is 4.74 Å². The molecular formula is C25H24N6O. The number of benzene rings is 2. The largest absolute Gasteiger partial charge is 0.378 e. The second-order valence-corrected chi connectivity index (χ2v) is 7.70. The molecule has 0 atom stereocenters. The SMILES string of the molecule is Cc1cccc(/C=N/Nc2nc(N3CCOCC3)nc3c(-c4cccnc4)cccc23)c1. The third-order valence-corrected chi connectivity index (χ3v) is 5.41. The lowest BCUT2D eigenvalue weighted by molar-refractivity contribution is 0.122. The van der Waals surface area contributed by atoms with E-state index in [2.05, 4.69) is 45.5 Å². The van der Waals surface area contributed by atoms with Gasteiger partial charge in [-0.2, -0.15) is 10.1 Å². The summed E-state index contributed by atoms with van der Waals surface area (Å²) >= 11 is 0. The van der Waals surface area contributed by atoms with E-state index in [0.717, 1.165) is 40.7 Å². The molecule has 0 bridgehead atoms. The molecule has 0 saturated carbocycles. The van der Waals surface area contributed by atoms with E-state index in [9.17, 15) is 0 Å². The van der Waals surface area contributed by atoms with E-state index in [1.165, 1.54) is 5.56 Å². The van der Waals surface area contributed by atoms with Gasteiger partial charge in [-0.25, -0.2) is 4.98 Å². The molecule has 1 saturated heterocycles. The topological polar surface area (TPSA) is 75.5 Å². The highest BCUT2D eigenvalue weighted by Crippen LogP contribution is 2.32. The molecule has 2 aromatic carbocycles. The van der Waals surface area contributed by atoms with Crippen molar-refractivity contribution >= 4 is 28.9 Å². The highest BCUT2D eigenvalue weighted by Gasteiger charge is 2.18. The fourth-order valence-electron chi connectivity index (χ4n) is 3.80. The van der Waals surface area contributed by atoms with Crippen molar-refractivity contribution in [2.75, 3.05) is 36.6 Å². The molecule has 7 heteroatoms. The zero-order valence-electron chi connectivity index (χ0n) is 17.9. The molecule has 1 N–H and O–H groups in total. The van der Waals surface area contributed by atoms with Crippen molar-refractivity contribution in [2.24, 2.45) is 5.10 Å². The Bertz CT molecular complexity index is 1250. The quantitative estimate of drug-likeness (QED) is 0.381. The number of anilines is 2. The van der Waals surface area contributed by atoms with Crippen LogP contribution in [0.1, 0.15) is 11.1 Å². The Kier molecular flexibility index (Phi) is 5.72. The number of fused-ring (bicyclic) bond motifs is 1. The smallest absolute Gasteiger partial charge is 0.228 e. The molecule has 1 aliphatic heterocycles. The number of aryl methyl sites for hydroxylation is 1. The van der Waals surface area contributed by atoms with Crippen LogP contribution in [0.2, 0.25) is 0 Å². The number of aromatic nitrogens is 3. The van der Waals surface area contributed by atoms with Gasteiger partial charge in [0.25, 0.3) is 0 Å².